The summed E-state index contributed by atoms with van der Waals surface area (Å²) >= 11 is 4.99. The van der Waals surface area contributed by atoms with Crippen molar-refractivity contribution < 1.29 is 4.92 Å². The predicted molar refractivity (Wildman–Crippen MR) is 83.3 cm³/mol. The van der Waals surface area contributed by atoms with Gasteiger partial charge in [0.05, 0.1) is 15.3 Å². The van der Waals surface area contributed by atoms with Crippen LogP contribution in [-0.2, 0) is 13.6 Å². The summed E-state index contributed by atoms with van der Waals surface area (Å²) in [6.45, 7) is 4.33. The van der Waals surface area contributed by atoms with Crippen molar-refractivity contribution in [2.45, 2.75) is 26.3 Å². The fourth-order valence-corrected chi connectivity index (χ4v) is 3.34. The zero-order valence-corrected chi connectivity index (χ0v) is 13.8. The summed E-state index contributed by atoms with van der Waals surface area (Å²) in [4.78, 5) is 12.0. The molecule has 0 unspecified atom stereocenters. The molecule has 0 aliphatic rings. The van der Waals surface area contributed by atoms with E-state index in [0.29, 0.717) is 18.1 Å². The third-order valence-corrected chi connectivity index (χ3v) is 4.46. The van der Waals surface area contributed by atoms with Gasteiger partial charge in [-0.25, -0.2) is 4.68 Å². The van der Waals surface area contributed by atoms with Gasteiger partial charge in [-0.3, -0.25) is 10.1 Å². The Kier molecular flexibility index (Phi) is 4.44. The van der Waals surface area contributed by atoms with Crippen LogP contribution >= 0.6 is 27.3 Å². The minimum Gasteiger partial charge on any atom is -0.360 e. The molecule has 0 fully saturated rings. The molecular weight excluding hydrogens is 344 g/mol. The number of thiophene rings is 1. The number of hydrogen-bond acceptors (Lipinski definition) is 5. The van der Waals surface area contributed by atoms with Gasteiger partial charge in [-0.05, 0) is 28.1 Å². The lowest BCUT2D eigenvalue weighted by Crippen LogP contribution is -2.05. The normalized spacial score (nSPS) is 11.1. The van der Waals surface area contributed by atoms with Crippen molar-refractivity contribution in [2.24, 2.45) is 7.05 Å². The van der Waals surface area contributed by atoms with Gasteiger partial charge in [-0.15, -0.1) is 11.3 Å². The minimum atomic E-state index is -0.366. The summed E-state index contributed by atoms with van der Waals surface area (Å²) in [5.41, 5.74) is 0.575. The van der Waals surface area contributed by atoms with Gasteiger partial charge >= 0.3 is 5.69 Å². The van der Waals surface area contributed by atoms with Crippen LogP contribution in [0.1, 0.15) is 30.3 Å². The van der Waals surface area contributed by atoms with E-state index in [1.54, 1.807) is 18.4 Å². The molecule has 6 nitrogen and oxygen atoms in total. The molecule has 8 heteroatoms. The minimum absolute atomic E-state index is 0.00744. The third-order valence-electron chi connectivity index (χ3n) is 2.84. The Balaban J connectivity index is 2.28. The van der Waals surface area contributed by atoms with Crippen LogP contribution < -0.4 is 5.32 Å². The average Bonchev–Trinajstić information content (AvgIpc) is 2.90. The zero-order valence-electron chi connectivity index (χ0n) is 11.4. The number of aryl methyl sites for hydroxylation is 1. The van der Waals surface area contributed by atoms with E-state index in [0.717, 1.165) is 8.66 Å². The first kappa shape index (κ1) is 15.0. The lowest BCUT2D eigenvalue weighted by molar-refractivity contribution is -0.384. The van der Waals surface area contributed by atoms with Crippen molar-refractivity contribution in [1.82, 2.24) is 9.78 Å². The van der Waals surface area contributed by atoms with Crippen LogP contribution in [0.4, 0.5) is 11.5 Å². The van der Waals surface area contributed by atoms with Crippen molar-refractivity contribution >= 4 is 38.8 Å². The van der Waals surface area contributed by atoms with Gasteiger partial charge < -0.3 is 5.32 Å². The zero-order chi connectivity index (χ0) is 14.9. The van der Waals surface area contributed by atoms with E-state index in [-0.39, 0.29) is 16.5 Å². The second-order valence-electron chi connectivity index (χ2n) is 4.68. The summed E-state index contributed by atoms with van der Waals surface area (Å²) in [6.07, 6.45) is 0. The molecule has 1 N–H and O–H groups in total. The number of nitro groups is 1. The van der Waals surface area contributed by atoms with Gasteiger partial charge in [0.15, 0.2) is 0 Å². The van der Waals surface area contributed by atoms with Gasteiger partial charge in [0, 0.05) is 17.8 Å². The highest BCUT2D eigenvalue weighted by Gasteiger charge is 2.28. The van der Waals surface area contributed by atoms with E-state index in [9.17, 15) is 10.1 Å². The van der Waals surface area contributed by atoms with Crippen molar-refractivity contribution in [2.75, 3.05) is 5.32 Å². The Bertz CT molecular complexity index is 635. The number of halogens is 1. The van der Waals surface area contributed by atoms with E-state index in [1.807, 2.05) is 26.0 Å². The molecule has 0 saturated carbocycles. The number of anilines is 1. The molecule has 0 aromatic carbocycles. The first-order valence-corrected chi connectivity index (χ1v) is 7.70. The molecule has 20 heavy (non-hydrogen) atoms. The fraction of sp³-hybridized carbons (Fsp3) is 0.417. The highest BCUT2D eigenvalue weighted by atomic mass is 79.9. The summed E-state index contributed by atoms with van der Waals surface area (Å²) in [5.74, 6) is 0.455. The van der Waals surface area contributed by atoms with Crippen LogP contribution in [0.2, 0.25) is 0 Å². The van der Waals surface area contributed by atoms with Crippen LogP contribution in [0.25, 0.3) is 0 Å². The molecule has 0 bridgehead atoms. The Morgan fingerprint density at radius 3 is 2.75 bits per heavy atom. The molecule has 2 aromatic heterocycles. The summed E-state index contributed by atoms with van der Waals surface area (Å²) in [7, 11) is 1.71. The Morgan fingerprint density at radius 1 is 1.55 bits per heavy atom. The Labute approximate surface area is 129 Å². The summed E-state index contributed by atoms with van der Waals surface area (Å²) in [5, 5.41) is 18.7. The molecule has 0 saturated heterocycles. The number of nitrogens with zero attached hydrogens (tertiary/aromatic N) is 3. The summed E-state index contributed by atoms with van der Waals surface area (Å²) < 4.78 is 2.58. The van der Waals surface area contributed by atoms with E-state index in [4.69, 9.17) is 0 Å². The maximum atomic E-state index is 11.3. The Morgan fingerprint density at radius 2 is 2.25 bits per heavy atom. The molecule has 2 heterocycles. The van der Waals surface area contributed by atoms with Crippen LogP contribution in [0.3, 0.4) is 0 Å². The SMILES string of the molecule is CC(C)c1nn(C)c(NCc2ccc(Br)s2)c1[N+](=O)[O-]. The maximum Gasteiger partial charge on any atom is 0.334 e. The van der Waals surface area contributed by atoms with Gasteiger partial charge in [0.1, 0.15) is 5.69 Å². The standard InChI is InChI=1S/C12H15BrN4O2S/c1-7(2)10-11(17(18)19)12(16(3)15-10)14-6-8-4-5-9(13)20-8/h4-5,7,14H,6H2,1-3H3. The van der Waals surface area contributed by atoms with Gasteiger partial charge in [-0.1, -0.05) is 13.8 Å². The largest absolute Gasteiger partial charge is 0.360 e. The molecule has 0 spiro atoms. The summed E-state index contributed by atoms with van der Waals surface area (Å²) in [6, 6.07) is 3.94. The topological polar surface area (TPSA) is 73.0 Å². The first-order chi connectivity index (χ1) is 9.40. The number of hydrogen-bond donors (Lipinski definition) is 1. The van der Waals surface area contributed by atoms with Crippen LogP contribution in [0.15, 0.2) is 15.9 Å². The maximum absolute atomic E-state index is 11.3. The van der Waals surface area contributed by atoms with Gasteiger partial charge in [-0.2, -0.15) is 5.10 Å². The number of rotatable bonds is 5. The Hall–Kier alpha value is -1.41. The third kappa shape index (κ3) is 3.01. The quantitative estimate of drug-likeness (QED) is 0.649. The van der Waals surface area contributed by atoms with Crippen LogP contribution in [0.5, 0.6) is 0 Å². The molecule has 0 atom stereocenters. The highest BCUT2D eigenvalue weighted by Crippen LogP contribution is 2.33. The first-order valence-electron chi connectivity index (χ1n) is 6.09. The predicted octanol–water partition coefficient (Wildman–Crippen LogP) is 3.89. The van der Waals surface area contributed by atoms with Gasteiger partial charge in [0.25, 0.3) is 0 Å². The fourth-order valence-electron chi connectivity index (χ4n) is 1.92. The second kappa shape index (κ2) is 5.92. The molecule has 0 radical (unpaired) electrons. The van der Waals surface area contributed by atoms with Crippen molar-refractivity contribution in [3.05, 3.63) is 36.6 Å². The van der Waals surface area contributed by atoms with Crippen molar-refractivity contribution in [3.8, 4) is 0 Å². The lowest BCUT2D eigenvalue weighted by atomic mass is 10.1. The lowest BCUT2D eigenvalue weighted by Gasteiger charge is -2.04. The molecule has 0 amide bonds. The highest BCUT2D eigenvalue weighted by molar-refractivity contribution is 9.11. The van der Waals surface area contributed by atoms with E-state index in [1.165, 1.54) is 4.68 Å². The average molecular weight is 359 g/mol. The van der Waals surface area contributed by atoms with Crippen LogP contribution in [-0.4, -0.2) is 14.7 Å². The smallest absolute Gasteiger partial charge is 0.334 e. The molecule has 0 aliphatic carbocycles. The van der Waals surface area contributed by atoms with E-state index < -0.39 is 0 Å². The molecule has 0 aliphatic heterocycles. The monoisotopic (exact) mass is 358 g/mol. The second-order valence-corrected chi connectivity index (χ2v) is 7.22. The van der Waals surface area contributed by atoms with Crippen LogP contribution in [0, 0.1) is 10.1 Å². The molecule has 2 aromatic rings. The molecule has 108 valence electrons. The number of nitrogens with one attached hydrogen (secondary N) is 1. The van der Waals surface area contributed by atoms with Crippen molar-refractivity contribution in [3.63, 3.8) is 0 Å². The number of aromatic nitrogens is 2. The van der Waals surface area contributed by atoms with Gasteiger partial charge in [0.2, 0.25) is 5.82 Å². The molecule has 2 rings (SSSR count). The van der Waals surface area contributed by atoms with E-state index in [2.05, 4.69) is 26.3 Å². The van der Waals surface area contributed by atoms with E-state index >= 15 is 0 Å². The molecular formula is C12H15BrN4O2S. The van der Waals surface area contributed by atoms with Crippen molar-refractivity contribution in [1.29, 1.82) is 0 Å².